The molecule has 0 aromatic carbocycles. The van der Waals surface area contributed by atoms with E-state index in [1.807, 2.05) is 0 Å². The second-order valence-corrected chi connectivity index (χ2v) is 3.14. The van der Waals surface area contributed by atoms with Gasteiger partial charge in [-0.25, -0.2) is 4.39 Å². The van der Waals surface area contributed by atoms with Gasteiger partial charge < -0.3 is 5.73 Å². The summed E-state index contributed by atoms with van der Waals surface area (Å²) in [6.45, 7) is 0. The Hall–Kier alpha value is -1.40. The van der Waals surface area contributed by atoms with Gasteiger partial charge in [-0.1, -0.05) is 0 Å². The number of aromatic nitrogens is 1. The van der Waals surface area contributed by atoms with Crippen LogP contribution in [0.5, 0.6) is 0 Å². The average Bonchev–Trinajstić information content (AvgIpc) is 2.18. The first-order valence-corrected chi connectivity index (χ1v) is 4.53. The minimum Gasteiger partial charge on any atom is -0.324 e. The van der Waals surface area contributed by atoms with E-state index in [4.69, 9.17) is 12.2 Å². The number of nitrogens with two attached hydrogens (primary N) is 1. The van der Waals surface area contributed by atoms with Gasteiger partial charge >= 0.3 is 0 Å². The summed E-state index contributed by atoms with van der Waals surface area (Å²) in [4.78, 5) is 3.74. The molecule has 0 bridgehead atoms. The summed E-state index contributed by atoms with van der Waals surface area (Å²) in [5.74, 6) is 2.19. The Kier molecular flexibility index (Phi) is 4.09. The summed E-state index contributed by atoms with van der Waals surface area (Å²) in [6.07, 6.45) is 10.2. The van der Waals surface area contributed by atoms with Crippen molar-refractivity contribution >= 4 is 0 Å². The maximum absolute atomic E-state index is 12.8. The molecule has 1 atom stereocenters. The number of nitrogens with zero attached hydrogens (tertiary/aromatic N) is 1. The Morgan fingerprint density at radius 3 is 3.00 bits per heavy atom. The van der Waals surface area contributed by atoms with Crippen LogP contribution in [0.4, 0.5) is 4.39 Å². The molecule has 2 N–H and O–H groups in total. The summed E-state index contributed by atoms with van der Waals surface area (Å²) < 4.78 is 12.8. The molecule has 3 heteroatoms. The first-order valence-electron chi connectivity index (χ1n) is 4.53. The normalized spacial score (nSPS) is 12.1. The van der Waals surface area contributed by atoms with Gasteiger partial charge in [0.2, 0.25) is 0 Å². The Labute approximate surface area is 83.3 Å². The van der Waals surface area contributed by atoms with Crippen LogP contribution in [-0.4, -0.2) is 4.98 Å². The molecule has 0 saturated carbocycles. The number of pyridine rings is 1. The van der Waals surface area contributed by atoms with E-state index in [0.29, 0.717) is 6.42 Å². The summed E-state index contributed by atoms with van der Waals surface area (Å²) in [5.41, 5.74) is 6.55. The fourth-order valence-corrected chi connectivity index (χ4v) is 1.22. The first-order chi connectivity index (χ1) is 6.74. The van der Waals surface area contributed by atoms with E-state index >= 15 is 0 Å². The molecular weight excluding hydrogens is 179 g/mol. The van der Waals surface area contributed by atoms with Crippen LogP contribution in [0.2, 0.25) is 0 Å². The van der Waals surface area contributed by atoms with Crippen LogP contribution in [0, 0.1) is 18.2 Å². The van der Waals surface area contributed by atoms with Crippen molar-refractivity contribution in [2.24, 2.45) is 5.73 Å². The molecule has 0 aliphatic carbocycles. The fraction of sp³-hybridized carbons (Fsp3) is 0.364. The molecule has 0 aliphatic rings. The molecule has 0 radical (unpaired) electrons. The summed E-state index contributed by atoms with van der Waals surface area (Å²) in [5, 5.41) is 0. The predicted octanol–water partition coefficient (Wildman–Crippen LogP) is 2.02. The highest BCUT2D eigenvalue weighted by molar-refractivity contribution is 5.14. The number of hydrogen-bond acceptors (Lipinski definition) is 2. The molecule has 0 saturated heterocycles. The maximum Gasteiger partial charge on any atom is 0.141 e. The Morgan fingerprint density at radius 1 is 1.57 bits per heavy atom. The zero-order valence-corrected chi connectivity index (χ0v) is 7.91. The third-order valence-electron chi connectivity index (χ3n) is 1.99. The lowest BCUT2D eigenvalue weighted by molar-refractivity contribution is 0.591. The van der Waals surface area contributed by atoms with Crippen molar-refractivity contribution in [3.8, 4) is 12.3 Å². The van der Waals surface area contributed by atoms with E-state index in [2.05, 4.69) is 10.9 Å². The molecule has 0 amide bonds. The van der Waals surface area contributed by atoms with Crippen molar-refractivity contribution < 1.29 is 4.39 Å². The van der Waals surface area contributed by atoms with Crippen LogP contribution in [-0.2, 0) is 0 Å². The van der Waals surface area contributed by atoms with E-state index in [1.54, 1.807) is 6.20 Å². The minimum absolute atomic E-state index is 0.174. The number of rotatable bonds is 4. The highest BCUT2D eigenvalue weighted by Crippen LogP contribution is 2.16. The third kappa shape index (κ3) is 3.15. The van der Waals surface area contributed by atoms with Crippen LogP contribution in [0.3, 0.4) is 0 Å². The standard InChI is InChI=1S/C11H13FN2/c1-2-3-4-5-11(13)9-6-10(12)8-14-7-9/h1,6-8,11H,3-5,13H2. The number of terminal acetylenes is 1. The molecule has 1 aromatic rings. The number of hydrogen-bond donors (Lipinski definition) is 1. The lowest BCUT2D eigenvalue weighted by atomic mass is 10.0. The van der Waals surface area contributed by atoms with E-state index in [0.717, 1.165) is 24.6 Å². The van der Waals surface area contributed by atoms with Gasteiger partial charge in [0, 0.05) is 18.7 Å². The lowest BCUT2D eigenvalue weighted by Crippen LogP contribution is -2.10. The summed E-state index contributed by atoms with van der Waals surface area (Å²) in [6, 6.07) is 1.24. The third-order valence-corrected chi connectivity index (χ3v) is 1.99. The fourth-order valence-electron chi connectivity index (χ4n) is 1.22. The molecule has 1 rings (SSSR count). The summed E-state index contributed by atoms with van der Waals surface area (Å²) >= 11 is 0. The van der Waals surface area contributed by atoms with E-state index < -0.39 is 0 Å². The van der Waals surface area contributed by atoms with Gasteiger partial charge in [-0.2, -0.15) is 0 Å². The molecule has 2 nitrogen and oxygen atoms in total. The molecule has 0 aliphatic heterocycles. The van der Waals surface area contributed by atoms with Crippen molar-refractivity contribution in [3.63, 3.8) is 0 Å². The molecule has 1 heterocycles. The van der Waals surface area contributed by atoms with Crippen LogP contribution < -0.4 is 5.73 Å². The van der Waals surface area contributed by atoms with Crippen LogP contribution in [0.1, 0.15) is 30.9 Å². The quantitative estimate of drug-likeness (QED) is 0.585. The molecule has 14 heavy (non-hydrogen) atoms. The van der Waals surface area contributed by atoms with Crippen molar-refractivity contribution in [2.75, 3.05) is 0 Å². The van der Waals surface area contributed by atoms with Crippen molar-refractivity contribution in [1.29, 1.82) is 0 Å². The van der Waals surface area contributed by atoms with Gasteiger partial charge in [-0.3, -0.25) is 4.98 Å². The van der Waals surface area contributed by atoms with Gasteiger partial charge in [-0.15, -0.1) is 12.3 Å². The second-order valence-electron chi connectivity index (χ2n) is 3.14. The van der Waals surface area contributed by atoms with Gasteiger partial charge in [0.05, 0.1) is 6.20 Å². The maximum atomic E-state index is 12.8. The molecule has 1 aromatic heterocycles. The van der Waals surface area contributed by atoms with Gasteiger partial charge in [0.25, 0.3) is 0 Å². The van der Waals surface area contributed by atoms with Gasteiger partial charge in [-0.05, 0) is 24.5 Å². The first kappa shape index (κ1) is 10.7. The zero-order chi connectivity index (χ0) is 10.4. The Balaban J connectivity index is 2.52. The van der Waals surface area contributed by atoms with Crippen molar-refractivity contribution in [1.82, 2.24) is 4.98 Å². The molecular formula is C11H13FN2. The van der Waals surface area contributed by atoms with E-state index in [9.17, 15) is 4.39 Å². The smallest absolute Gasteiger partial charge is 0.141 e. The average molecular weight is 192 g/mol. The topological polar surface area (TPSA) is 38.9 Å². The van der Waals surface area contributed by atoms with Gasteiger partial charge in [0.15, 0.2) is 0 Å². The monoisotopic (exact) mass is 192 g/mol. The Bertz CT molecular complexity index is 330. The number of unbranched alkanes of at least 4 members (excludes halogenated alkanes) is 1. The second kappa shape index (κ2) is 5.36. The van der Waals surface area contributed by atoms with Crippen LogP contribution in [0.25, 0.3) is 0 Å². The molecule has 74 valence electrons. The van der Waals surface area contributed by atoms with Crippen LogP contribution in [0.15, 0.2) is 18.5 Å². The van der Waals surface area contributed by atoms with Gasteiger partial charge in [0.1, 0.15) is 5.82 Å². The molecule has 1 unspecified atom stereocenters. The highest BCUT2D eigenvalue weighted by atomic mass is 19.1. The van der Waals surface area contributed by atoms with Crippen molar-refractivity contribution in [2.45, 2.75) is 25.3 Å². The highest BCUT2D eigenvalue weighted by Gasteiger charge is 2.06. The summed E-state index contributed by atoms with van der Waals surface area (Å²) in [7, 11) is 0. The zero-order valence-electron chi connectivity index (χ0n) is 7.91. The largest absolute Gasteiger partial charge is 0.324 e. The SMILES string of the molecule is C#CCCCC(N)c1cncc(F)c1. The Morgan fingerprint density at radius 2 is 2.36 bits per heavy atom. The lowest BCUT2D eigenvalue weighted by Gasteiger charge is -2.10. The van der Waals surface area contributed by atoms with Crippen LogP contribution >= 0.6 is 0 Å². The minimum atomic E-state index is -0.352. The van der Waals surface area contributed by atoms with Crippen molar-refractivity contribution in [3.05, 3.63) is 29.8 Å². The van der Waals surface area contributed by atoms with E-state index in [-0.39, 0.29) is 11.9 Å². The number of halogens is 1. The van der Waals surface area contributed by atoms with E-state index in [1.165, 1.54) is 6.07 Å². The molecule has 0 spiro atoms. The predicted molar refractivity (Wildman–Crippen MR) is 53.8 cm³/mol. The molecule has 0 fully saturated rings.